The van der Waals surface area contributed by atoms with Crippen molar-refractivity contribution in [2.45, 2.75) is 37.9 Å². The molecule has 140 valence electrons. The number of anilines is 1. The third-order valence-electron chi connectivity index (χ3n) is 4.92. The van der Waals surface area contributed by atoms with Crippen molar-refractivity contribution < 1.29 is 18.0 Å². The zero-order valence-electron chi connectivity index (χ0n) is 14.6. The fourth-order valence-electron chi connectivity index (χ4n) is 2.98. The van der Waals surface area contributed by atoms with Gasteiger partial charge in [-0.15, -0.1) is 0 Å². The normalized spacial score (nSPS) is 18.2. The summed E-state index contributed by atoms with van der Waals surface area (Å²) in [6.45, 7) is 3.43. The summed E-state index contributed by atoms with van der Waals surface area (Å²) in [6, 6.07) is 7.53. The number of amides is 2. The van der Waals surface area contributed by atoms with Gasteiger partial charge in [0, 0.05) is 31.2 Å². The van der Waals surface area contributed by atoms with Gasteiger partial charge in [0.25, 0.3) is 0 Å². The number of alkyl halides is 3. The van der Waals surface area contributed by atoms with Crippen LogP contribution >= 0.6 is 0 Å². The molecule has 1 atom stereocenters. The Morgan fingerprint density at radius 2 is 1.92 bits per heavy atom. The molecule has 8 heteroatoms. The molecule has 5 nitrogen and oxygen atoms in total. The van der Waals surface area contributed by atoms with Crippen molar-refractivity contribution in [2.75, 3.05) is 18.4 Å². The van der Waals surface area contributed by atoms with E-state index >= 15 is 0 Å². The van der Waals surface area contributed by atoms with Gasteiger partial charge in [-0.1, -0.05) is 12.1 Å². The van der Waals surface area contributed by atoms with Gasteiger partial charge in [0.15, 0.2) is 0 Å². The molecule has 1 aliphatic rings. The monoisotopic (exact) mass is 366 g/mol. The Kier molecular flexibility index (Phi) is 4.68. The summed E-state index contributed by atoms with van der Waals surface area (Å²) in [5.41, 5.74) is -1.32. The van der Waals surface area contributed by atoms with Crippen LogP contribution in [-0.2, 0) is 5.41 Å². The van der Waals surface area contributed by atoms with Crippen molar-refractivity contribution >= 4 is 11.7 Å². The van der Waals surface area contributed by atoms with E-state index in [4.69, 9.17) is 0 Å². The molecule has 1 saturated heterocycles. The number of nitrogens with one attached hydrogen (secondary N) is 1. The first-order chi connectivity index (χ1) is 12.2. The van der Waals surface area contributed by atoms with E-state index in [1.54, 1.807) is 11.1 Å². The fraction of sp³-hybridized carbons (Fsp3) is 0.444. The molecule has 0 bridgehead atoms. The number of hydrogen-bond acceptors (Lipinski definition) is 2. The topological polar surface area (TPSA) is 50.2 Å². The average Bonchev–Trinajstić information content (AvgIpc) is 3.25. The molecule has 0 saturated carbocycles. The highest BCUT2D eigenvalue weighted by molar-refractivity contribution is 5.89. The van der Waals surface area contributed by atoms with Gasteiger partial charge in [-0.05, 0) is 44.0 Å². The minimum atomic E-state index is -4.34. The van der Waals surface area contributed by atoms with Gasteiger partial charge in [-0.25, -0.2) is 4.79 Å². The summed E-state index contributed by atoms with van der Waals surface area (Å²) >= 11 is 0. The van der Waals surface area contributed by atoms with E-state index in [1.807, 2.05) is 16.9 Å². The summed E-state index contributed by atoms with van der Waals surface area (Å²) in [5, 5.41) is 6.94. The lowest BCUT2D eigenvalue weighted by molar-refractivity contribution is -0.180. The Hall–Kier alpha value is -2.51. The van der Waals surface area contributed by atoms with Crippen LogP contribution in [0.25, 0.3) is 0 Å². The largest absolute Gasteiger partial charge is 0.397 e. The summed E-state index contributed by atoms with van der Waals surface area (Å²) in [7, 11) is 0. The van der Waals surface area contributed by atoms with Crippen LogP contribution < -0.4 is 5.32 Å². The van der Waals surface area contributed by atoms with Crippen LogP contribution in [0.5, 0.6) is 0 Å². The van der Waals surface area contributed by atoms with Crippen LogP contribution in [-0.4, -0.2) is 40.0 Å². The molecule has 1 aromatic carbocycles. The van der Waals surface area contributed by atoms with Gasteiger partial charge in [0.2, 0.25) is 0 Å². The first kappa shape index (κ1) is 18.3. The fourth-order valence-corrected chi connectivity index (χ4v) is 2.98. The smallest absolute Gasteiger partial charge is 0.322 e. The van der Waals surface area contributed by atoms with Gasteiger partial charge in [0.1, 0.15) is 0 Å². The molecule has 2 amide bonds. The Balaban J connectivity index is 1.62. The van der Waals surface area contributed by atoms with E-state index in [2.05, 4.69) is 10.4 Å². The van der Waals surface area contributed by atoms with Crippen molar-refractivity contribution in [1.29, 1.82) is 0 Å². The first-order valence-electron chi connectivity index (χ1n) is 8.41. The van der Waals surface area contributed by atoms with E-state index in [9.17, 15) is 18.0 Å². The van der Waals surface area contributed by atoms with Crippen molar-refractivity contribution in [3.8, 4) is 0 Å². The lowest BCUT2D eigenvalue weighted by Gasteiger charge is -2.28. The molecule has 0 radical (unpaired) electrons. The minimum absolute atomic E-state index is 0.144. The zero-order valence-corrected chi connectivity index (χ0v) is 14.6. The van der Waals surface area contributed by atoms with E-state index < -0.39 is 11.6 Å². The molecule has 3 rings (SSSR count). The summed E-state index contributed by atoms with van der Waals surface area (Å²) < 4.78 is 41.1. The van der Waals surface area contributed by atoms with Gasteiger partial charge < -0.3 is 10.2 Å². The Labute approximate surface area is 149 Å². The van der Waals surface area contributed by atoms with Gasteiger partial charge in [-0.3, -0.25) is 4.68 Å². The molecular weight excluding hydrogens is 345 g/mol. The van der Waals surface area contributed by atoms with E-state index in [1.165, 1.54) is 24.3 Å². The number of carbonyl (C=O) groups excluding carboxylic acids is 1. The van der Waals surface area contributed by atoms with Gasteiger partial charge in [-0.2, -0.15) is 18.3 Å². The van der Waals surface area contributed by atoms with Gasteiger partial charge >= 0.3 is 12.2 Å². The van der Waals surface area contributed by atoms with E-state index in [0.29, 0.717) is 18.8 Å². The van der Waals surface area contributed by atoms with Crippen LogP contribution in [0.15, 0.2) is 42.7 Å². The molecule has 0 aliphatic carbocycles. The molecule has 2 aromatic rings. The number of hydrogen-bond donors (Lipinski definition) is 1. The quantitative estimate of drug-likeness (QED) is 0.885. The molecule has 0 spiro atoms. The standard InChI is InChI=1S/C18H21F3N4O/c1-17(2,18(19,20)21)13-4-6-14(7-5-13)23-16(26)24-11-8-15(12-24)25-10-3-9-22-25/h3-7,9-10,15H,8,11-12H2,1-2H3,(H,23,26)/t15-/m1/s1. The Bertz CT molecular complexity index is 754. The van der Waals surface area contributed by atoms with Crippen LogP contribution in [0.3, 0.4) is 0 Å². The van der Waals surface area contributed by atoms with Crippen LogP contribution in [0.4, 0.5) is 23.7 Å². The number of likely N-dealkylation sites (tertiary alicyclic amines) is 1. The zero-order chi connectivity index (χ0) is 18.9. The summed E-state index contributed by atoms with van der Waals surface area (Å²) in [5.74, 6) is 0. The predicted octanol–water partition coefficient (Wildman–Crippen LogP) is 4.20. The minimum Gasteiger partial charge on any atom is -0.322 e. The lowest BCUT2D eigenvalue weighted by Crippen LogP contribution is -2.36. The molecule has 0 unspecified atom stereocenters. The molecule has 1 aromatic heterocycles. The first-order valence-corrected chi connectivity index (χ1v) is 8.41. The third kappa shape index (κ3) is 3.54. The molecule has 1 fully saturated rings. The van der Waals surface area contributed by atoms with E-state index in [0.717, 1.165) is 20.3 Å². The van der Waals surface area contributed by atoms with E-state index in [-0.39, 0.29) is 17.6 Å². The van der Waals surface area contributed by atoms with Crippen molar-refractivity contribution in [2.24, 2.45) is 0 Å². The average molecular weight is 366 g/mol. The second-order valence-corrected chi connectivity index (χ2v) is 7.00. The van der Waals surface area contributed by atoms with Crippen molar-refractivity contribution in [3.63, 3.8) is 0 Å². The molecule has 26 heavy (non-hydrogen) atoms. The molecule has 1 N–H and O–H groups in total. The van der Waals surface area contributed by atoms with Crippen LogP contribution in [0, 0.1) is 0 Å². The van der Waals surface area contributed by atoms with Gasteiger partial charge in [0.05, 0.1) is 11.5 Å². The predicted molar refractivity (Wildman–Crippen MR) is 92.0 cm³/mol. The number of benzene rings is 1. The maximum atomic E-state index is 13.1. The van der Waals surface area contributed by atoms with Crippen LogP contribution in [0.2, 0.25) is 0 Å². The molecule has 2 heterocycles. The number of halogens is 3. The summed E-state index contributed by atoms with van der Waals surface area (Å²) in [6.07, 6.45) is 0.0442. The number of nitrogens with zero attached hydrogens (tertiary/aromatic N) is 3. The number of carbonyl (C=O) groups is 1. The number of urea groups is 1. The highest BCUT2D eigenvalue weighted by Crippen LogP contribution is 2.40. The maximum absolute atomic E-state index is 13.1. The number of aromatic nitrogens is 2. The third-order valence-corrected chi connectivity index (χ3v) is 4.92. The Morgan fingerprint density at radius 1 is 1.23 bits per heavy atom. The second-order valence-electron chi connectivity index (χ2n) is 7.00. The maximum Gasteiger partial charge on any atom is 0.397 e. The molecule has 1 aliphatic heterocycles. The highest BCUT2D eigenvalue weighted by atomic mass is 19.4. The van der Waals surface area contributed by atoms with Crippen molar-refractivity contribution in [3.05, 3.63) is 48.3 Å². The second kappa shape index (κ2) is 6.66. The Morgan fingerprint density at radius 3 is 2.50 bits per heavy atom. The molecular formula is C18H21F3N4O. The number of rotatable bonds is 3. The van der Waals surface area contributed by atoms with Crippen LogP contribution in [0.1, 0.15) is 31.9 Å². The highest BCUT2D eigenvalue weighted by Gasteiger charge is 2.48. The van der Waals surface area contributed by atoms with Crippen molar-refractivity contribution in [1.82, 2.24) is 14.7 Å². The SMILES string of the molecule is CC(C)(c1ccc(NC(=O)N2CC[C@@H](n3cccn3)C2)cc1)C(F)(F)F. The summed E-state index contributed by atoms with van der Waals surface area (Å²) in [4.78, 5) is 14.1. The lowest BCUT2D eigenvalue weighted by atomic mass is 9.84.